The lowest BCUT2D eigenvalue weighted by Gasteiger charge is -2.15. The first-order valence-corrected chi connectivity index (χ1v) is 8.87. The molecule has 140 valence electrons. The molecule has 0 bridgehead atoms. The molecule has 1 aromatic carbocycles. The molecular weight excluding hydrogens is 358 g/mol. The van der Waals surface area contributed by atoms with Gasteiger partial charge in [0.15, 0.2) is 5.16 Å². The molecule has 2 aromatic rings. The molecule has 2 rings (SSSR count). The first-order chi connectivity index (χ1) is 12.2. The fraction of sp³-hybridized carbons (Fsp3) is 0.412. The fourth-order valence-corrected chi connectivity index (χ4v) is 3.22. The lowest BCUT2D eigenvalue weighted by atomic mass is 10.1. The number of nitrogens with zero attached hydrogens (tertiary/aromatic N) is 3. The van der Waals surface area contributed by atoms with Crippen LogP contribution < -0.4 is 5.56 Å². The second kappa shape index (κ2) is 8.33. The molecule has 1 heterocycles. The molecule has 0 fully saturated rings. The Morgan fingerprint density at radius 2 is 2.08 bits per heavy atom. The predicted molar refractivity (Wildman–Crippen MR) is 98.4 cm³/mol. The van der Waals surface area contributed by atoms with Crippen LogP contribution in [0.25, 0.3) is 10.9 Å². The van der Waals surface area contributed by atoms with Crippen molar-refractivity contribution >= 4 is 34.5 Å². The van der Waals surface area contributed by atoms with Crippen molar-refractivity contribution in [3.05, 3.63) is 34.1 Å². The Labute approximate surface area is 154 Å². The summed E-state index contributed by atoms with van der Waals surface area (Å²) in [5, 5.41) is 10.3. The molecule has 0 spiro atoms. The maximum Gasteiger partial charge on any atom is 0.337 e. The van der Waals surface area contributed by atoms with E-state index in [1.807, 2.05) is 0 Å². The number of aliphatic hydroxyl groups excluding tert-OH is 1. The third-order valence-electron chi connectivity index (χ3n) is 3.61. The highest BCUT2D eigenvalue weighted by molar-refractivity contribution is 7.99. The average molecular weight is 379 g/mol. The highest BCUT2D eigenvalue weighted by Gasteiger charge is 2.17. The second-order valence-electron chi connectivity index (χ2n) is 5.96. The van der Waals surface area contributed by atoms with Gasteiger partial charge < -0.3 is 14.7 Å². The van der Waals surface area contributed by atoms with Crippen LogP contribution in [0.3, 0.4) is 0 Å². The van der Waals surface area contributed by atoms with Crippen LogP contribution in [-0.4, -0.2) is 64.5 Å². The van der Waals surface area contributed by atoms with Gasteiger partial charge in [0.1, 0.15) is 0 Å². The van der Waals surface area contributed by atoms with Crippen molar-refractivity contribution in [2.45, 2.75) is 24.7 Å². The summed E-state index contributed by atoms with van der Waals surface area (Å²) >= 11 is 1.11. The summed E-state index contributed by atoms with van der Waals surface area (Å²) in [6.07, 6.45) is -0.759. The molecule has 0 aliphatic carbocycles. The van der Waals surface area contributed by atoms with Gasteiger partial charge in [0.05, 0.1) is 42.0 Å². The lowest BCUT2D eigenvalue weighted by molar-refractivity contribution is -0.125. The number of hydrogen-bond donors (Lipinski definition) is 1. The van der Waals surface area contributed by atoms with Gasteiger partial charge in [-0.25, -0.2) is 9.78 Å². The largest absolute Gasteiger partial charge is 0.465 e. The number of esters is 1. The number of methoxy groups -OCH3 is 1. The summed E-state index contributed by atoms with van der Waals surface area (Å²) in [5.74, 6) is -0.559. The van der Waals surface area contributed by atoms with E-state index in [1.54, 1.807) is 21.0 Å². The molecule has 0 aliphatic rings. The van der Waals surface area contributed by atoms with Crippen molar-refractivity contribution in [1.82, 2.24) is 14.5 Å². The summed E-state index contributed by atoms with van der Waals surface area (Å²) in [6, 6.07) is 4.48. The summed E-state index contributed by atoms with van der Waals surface area (Å²) in [5.41, 5.74) is 0.271. The van der Waals surface area contributed by atoms with E-state index < -0.39 is 12.1 Å². The normalized spacial score (nSPS) is 12.0. The van der Waals surface area contributed by atoms with E-state index in [4.69, 9.17) is 0 Å². The standard InChI is InChI=1S/C17H21N3O5S/c1-10(21)8-20-15(23)12-6-5-11(16(24)25-4)7-13(12)18-17(20)26-9-14(22)19(2)3/h5-7,10,21H,8-9H2,1-4H3/t10-/m1/s1. The molecule has 0 unspecified atom stereocenters. The third-order valence-corrected chi connectivity index (χ3v) is 4.57. The molecule has 0 radical (unpaired) electrons. The maximum absolute atomic E-state index is 12.8. The van der Waals surface area contributed by atoms with E-state index in [2.05, 4.69) is 9.72 Å². The molecule has 0 saturated carbocycles. The van der Waals surface area contributed by atoms with Crippen molar-refractivity contribution in [3.63, 3.8) is 0 Å². The number of thioether (sulfide) groups is 1. The van der Waals surface area contributed by atoms with Gasteiger partial charge in [-0.15, -0.1) is 0 Å². The number of hydrogen-bond acceptors (Lipinski definition) is 7. The third kappa shape index (κ3) is 4.41. The number of carbonyl (C=O) groups is 2. The van der Waals surface area contributed by atoms with Gasteiger partial charge >= 0.3 is 5.97 Å². The molecule has 1 amide bonds. The van der Waals surface area contributed by atoms with Gasteiger partial charge in [0.2, 0.25) is 5.91 Å². The number of rotatable bonds is 6. The maximum atomic E-state index is 12.8. The number of aliphatic hydroxyl groups is 1. The first-order valence-electron chi connectivity index (χ1n) is 7.88. The second-order valence-corrected chi connectivity index (χ2v) is 6.90. The highest BCUT2D eigenvalue weighted by Crippen LogP contribution is 2.20. The number of fused-ring (bicyclic) bond motifs is 1. The number of ether oxygens (including phenoxy) is 1. The minimum atomic E-state index is -0.759. The van der Waals surface area contributed by atoms with Gasteiger partial charge in [0.25, 0.3) is 5.56 Å². The number of amides is 1. The summed E-state index contributed by atoms with van der Waals surface area (Å²) in [6.45, 7) is 1.62. The van der Waals surface area contributed by atoms with E-state index in [1.165, 1.54) is 34.8 Å². The fourth-order valence-electron chi connectivity index (χ4n) is 2.24. The van der Waals surface area contributed by atoms with Crippen LogP contribution in [0.15, 0.2) is 28.2 Å². The number of benzene rings is 1. The zero-order valence-electron chi connectivity index (χ0n) is 15.1. The van der Waals surface area contributed by atoms with Crippen LogP contribution in [0.1, 0.15) is 17.3 Å². The Hall–Kier alpha value is -2.39. The average Bonchev–Trinajstić information content (AvgIpc) is 2.60. The minimum absolute atomic E-state index is 0.0546. The van der Waals surface area contributed by atoms with Crippen LogP contribution in [-0.2, 0) is 16.1 Å². The van der Waals surface area contributed by atoms with E-state index in [-0.39, 0.29) is 29.3 Å². The Kier molecular flexibility index (Phi) is 6.38. The minimum Gasteiger partial charge on any atom is -0.465 e. The summed E-state index contributed by atoms with van der Waals surface area (Å²) in [4.78, 5) is 42.2. The van der Waals surface area contributed by atoms with Gasteiger partial charge in [-0.1, -0.05) is 11.8 Å². The Morgan fingerprint density at radius 3 is 2.65 bits per heavy atom. The number of aromatic nitrogens is 2. The van der Waals surface area contributed by atoms with Crippen LogP contribution >= 0.6 is 11.8 Å². The van der Waals surface area contributed by atoms with E-state index in [0.717, 1.165) is 11.8 Å². The summed E-state index contributed by atoms with van der Waals surface area (Å²) in [7, 11) is 4.55. The smallest absolute Gasteiger partial charge is 0.337 e. The lowest BCUT2D eigenvalue weighted by Crippen LogP contribution is -2.29. The van der Waals surface area contributed by atoms with Gasteiger partial charge in [-0.3, -0.25) is 14.2 Å². The van der Waals surface area contributed by atoms with Crippen molar-refractivity contribution < 1.29 is 19.4 Å². The van der Waals surface area contributed by atoms with Crippen molar-refractivity contribution in [3.8, 4) is 0 Å². The quantitative estimate of drug-likeness (QED) is 0.449. The monoisotopic (exact) mass is 379 g/mol. The van der Waals surface area contributed by atoms with Crippen molar-refractivity contribution in [1.29, 1.82) is 0 Å². The van der Waals surface area contributed by atoms with Crippen LogP contribution in [0, 0.1) is 0 Å². The van der Waals surface area contributed by atoms with Gasteiger partial charge in [0, 0.05) is 14.1 Å². The highest BCUT2D eigenvalue weighted by atomic mass is 32.2. The van der Waals surface area contributed by atoms with E-state index in [0.29, 0.717) is 16.1 Å². The van der Waals surface area contributed by atoms with Crippen LogP contribution in [0.4, 0.5) is 0 Å². The van der Waals surface area contributed by atoms with E-state index >= 15 is 0 Å². The van der Waals surface area contributed by atoms with Crippen LogP contribution in [0.2, 0.25) is 0 Å². The van der Waals surface area contributed by atoms with Gasteiger partial charge in [-0.2, -0.15) is 0 Å². The molecule has 1 atom stereocenters. The SMILES string of the molecule is COC(=O)c1ccc2c(=O)n(C[C@@H](C)O)c(SCC(=O)N(C)C)nc2c1. The predicted octanol–water partition coefficient (Wildman–Crippen LogP) is 0.744. The van der Waals surface area contributed by atoms with Gasteiger partial charge in [-0.05, 0) is 25.1 Å². The molecule has 26 heavy (non-hydrogen) atoms. The zero-order valence-corrected chi connectivity index (χ0v) is 15.9. The zero-order chi connectivity index (χ0) is 19.4. The first kappa shape index (κ1) is 19.9. The Balaban J connectivity index is 2.55. The van der Waals surface area contributed by atoms with Crippen LogP contribution in [0.5, 0.6) is 0 Å². The molecule has 0 aliphatic heterocycles. The summed E-state index contributed by atoms with van der Waals surface area (Å²) < 4.78 is 6.03. The molecular formula is C17H21N3O5S. The molecule has 0 saturated heterocycles. The molecule has 1 aromatic heterocycles. The van der Waals surface area contributed by atoms with E-state index in [9.17, 15) is 19.5 Å². The topological polar surface area (TPSA) is 102 Å². The number of carbonyl (C=O) groups excluding carboxylic acids is 2. The Morgan fingerprint density at radius 1 is 1.38 bits per heavy atom. The molecule has 9 heteroatoms. The Bertz CT molecular complexity index is 892. The molecule has 1 N–H and O–H groups in total. The van der Waals surface area contributed by atoms with Crippen molar-refractivity contribution in [2.75, 3.05) is 27.0 Å². The molecule has 8 nitrogen and oxygen atoms in total. The van der Waals surface area contributed by atoms with Crippen molar-refractivity contribution in [2.24, 2.45) is 0 Å².